The largest absolute Gasteiger partial charge is 0.394 e. The van der Waals surface area contributed by atoms with E-state index in [-0.39, 0.29) is 57.2 Å². The van der Waals surface area contributed by atoms with Crippen LogP contribution in [-0.4, -0.2) is 414 Å². The molecular weight excluding hydrogens is 1880 g/mol. The molecule has 4 N–H and O–H groups in total. The van der Waals surface area contributed by atoms with Crippen LogP contribution in [0.5, 0.6) is 0 Å². The second-order valence-electron chi connectivity index (χ2n) is 53.6. The summed E-state index contributed by atoms with van der Waals surface area (Å²) in [5.41, 5.74) is 2.52. The summed E-state index contributed by atoms with van der Waals surface area (Å²) in [4.78, 5) is 28.8. The number of nitrogens with zero attached hydrogens (tertiary/aromatic N) is 13. The van der Waals surface area contributed by atoms with Crippen molar-refractivity contribution >= 4 is 26.2 Å². The maximum Gasteiger partial charge on any atom is 0.390 e. The quantitative estimate of drug-likeness (QED) is 0.0380. The molecule has 0 aliphatic carbocycles. The van der Waals surface area contributed by atoms with E-state index in [1.165, 1.54) is 114 Å². The van der Waals surface area contributed by atoms with Gasteiger partial charge in [0.2, 0.25) is 0 Å². The minimum atomic E-state index is -4.13. The number of morpholine rings is 1. The molecule has 23 nitrogen and oxygen atoms in total. The number of β-amino-alcohol motifs (C(OH)–C–C–N with tert-alkyl or cyclic N) is 1. The number of methoxy groups -OCH3 is 3. The molecule has 0 aromatic carbocycles. The van der Waals surface area contributed by atoms with Crippen molar-refractivity contribution in [1.29, 1.82) is 5.26 Å². The van der Waals surface area contributed by atoms with E-state index in [2.05, 4.69) is 338 Å². The van der Waals surface area contributed by atoms with Crippen molar-refractivity contribution in [3.8, 4) is 6.19 Å². The summed E-state index contributed by atoms with van der Waals surface area (Å²) < 4.78 is 82.2. The highest BCUT2D eigenvalue weighted by atomic mass is 32.2. The highest BCUT2D eigenvalue weighted by Crippen LogP contribution is 2.44. The highest BCUT2D eigenvalue weighted by Gasteiger charge is 2.52. The lowest BCUT2D eigenvalue weighted by atomic mass is 9.86. The molecule has 0 aromatic heterocycles. The molecule has 146 heavy (non-hydrogen) atoms. The molecule has 11 aliphatic heterocycles. The number of hydrogen-bond donors (Lipinski definition) is 4. The monoisotopic (exact) mass is 2120 g/mol. The highest BCUT2D eigenvalue weighted by molar-refractivity contribution is 8.14. The van der Waals surface area contributed by atoms with Crippen molar-refractivity contribution in [3.05, 3.63) is 12.2 Å². The van der Waals surface area contributed by atoms with Crippen LogP contribution in [0, 0.1) is 23.3 Å². The normalized spacial score (nSPS) is 28.7. The number of likely N-dealkylation sites (tertiary alicyclic amines) is 8. The fourth-order valence-electron chi connectivity index (χ4n) is 27.5. The Morgan fingerprint density at radius 2 is 0.808 bits per heavy atom. The summed E-state index contributed by atoms with van der Waals surface area (Å²) in [7, 11) is 2.65. The standard InChI is InChI=1S/C13H27NO.C12H25NO.C11H20F3NO.C11H23NO2S.C11H23NO.C11H21N.C10H19N3.C10H21NO2.C10H21NO.C10H21NS.C9H19NO/c1-11(2)9-13(10-15-5)7-6-8-14(13)12(3)4;1-10(2)8-12(9-14)6-5-7-13(12)11(3)4;1-9(2)15-6-4-5-10(15,8-16-3)7-11(12,13)14;1-9(2)12-7-6-10(15(5,13)14)8-11(12,3)4;1-5-11(9-13-4)7-6-8-12(11)10(2)3;1-9(2)12-7-6-10(3)8-11(12,4)5;1-9(2)13-6-5-12(8-11)7-10(13,3)4;1-7(2)11-6-9(13)8(12)5-10(11,3)4;1-8(2)11-6-5-9(12)7-10(11,3)4;1-9(2)11-6-7-12(5)8-10(11,3)4;1-8(2)10-5-6-11-7-9(10,3)4/h11-12H,6-10H2,1-5H3;10-11,14H,5-9H2,1-4H3;9H,4-8H2,1-3H3;9-10H,6-8H2,1-5H3;10H,5-9H2,1-4H3;9H,3,6-8H2,1-2,4-5H3;9H,5-7H2,1-4H3;7-9,12-13H,5-6H2,1-4H3;8-9,12H,5-7H2,1-4H3;9H,5-8H2,1-4H3;8H,5-7H2,1-4H3/t;;;;;;;8-,9+;;;/m.......1.../s1. The SMILES string of the molecule is C=C1CCN(C(C)C)C(C)(C)C1.C=S1CCN(C(C)C)C(C)(C)C1.CC(C)CC1(CO)CCCN1C(C)C.CC(C)N1CCC(O)CC1(C)C.CC(C)N1CCC(S(C)(=O)=O)CC1(C)C.CC(C)N1CCN(C#N)CC1(C)C.CC(C)N1CCOCC1(C)C.CC(C)N1C[C@H](O)[C@H](O)CC1(C)C.CCC1(COC)CCCN1C(C)C.COCC1(CC(C)C)CCCN1C(C)C.COCC1(CC(F)(F)F)CCCN1C(C)C. The number of piperidine rings is 4. The lowest BCUT2D eigenvalue weighted by molar-refractivity contribution is -0.169. The predicted molar refractivity (Wildman–Crippen MR) is 620 cm³/mol. The maximum atomic E-state index is 12.6. The first kappa shape index (κ1) is 142. The molecule has 11 saturated heterocycles. The van der Waals surface area contributed by atoms with Gasteiger partial charge in [0.15, 0.2) is 6.19 Å². The molecule has 11 rings (SSSR count). The van der Waals surface area contributed by atoms with Gasteiger partial charge in [-0.2, -0.15) is 28.9 Å². The third-order valence-corrected chi connectivity index (χ3v) is 36.5. The Kier molecular flexibility index (Phi) is 61.5. The Morgan fingerprint density at radius 3 is 1.18 bits per heavy atom. The van der Waals surface area contributed by atoms with Gasteiger partial charge in [-0.3, -0.25) is 53.9 Å². The van der Waals surface area contributed by atoms with E-state index in [4.69, 9.17) is 24.2 Å². The number of aliphatic hydroxyl groups is 4. The number of rotatable bonds is 25. The molecule has 11 heterocycles. The number of aliphatic hydroxyl groups excluding tert-OH is 4. The smallest absolute Gasteiger partial charge is 0.390 e. The molecular formula is C118H240F3N13O10S2. The topological polar surface area (TPSA) is 215 Å². The number of nitriles is 1. The van der Waals surface area contributed by atoms with Gasteiger partial charge in [-0.15, -0.1) is 0 Å². The Hall–Kier alpha value is -1.77. The van der Waals surface area contributed by atoms with Crippen molar-refractivity contribution in [1.82, 2.24) is 58.8 Å². The van der Waals surface area contributed by atoms with Crippen LogP contribution in [0.1, 0.15) is 406 Å². The molecule has 0 spiro atoms. The van der Waals surface area contributed by atoms with Crippen LogP contribution in [0.15, 0.2) is 12.2 Å². The van der Waals surface area contributed by atoms with Gasteiger partial charge >= 0.3 is 6.18 Å². The number of hydrogen-bond acceptors (Lipinski definition) is 23. The third kappa shape index (κ3) is 45.7. The average molecular weight is 2120 g/mol. The fraction of sp³-hybridized carbons (Fsp3) is 0.966. The fourth-order valence-corrected chi connectivity index (χ4v) is 30.5. The van der Waals surface area contributed by atoms with Crippen LogP contribution >= 0.6 is 10.5 Å². The zero-order valence-electron chi connectivity index (χ0n) is 104. The summed E-state index contributed by atoms with van der Waals surface area (Å²) in [6.45, 7) is 112. The van der Waals surface area contributed by atoms with Gasteiger partial charge in [-0.25, -0.2) is 8.42 Å². The molecule has 11 aliphatic rings. The third-order valence-electron chi connectivity index (χ3n) is 33.0. The van der Waals surface area contributed by atoms with Gasteiger partial charge in [0.1, 0.15) is 9.84 Å². The zero-order chi connectivity index (χ0) is 113. The molecule has 870 valence electrons. The van der Waals surface area contributed by atoms with Gasteiger partial charge in [-0.05, 0) is 403 Å². The van der Waals surface area contributed by atoms with Crippen LogP contribution < -0.4 is 0 Å². The summed E-state index contributed by atoms with van der Waals surface area (Å²) in [5.74, 6) is 8.17. The number of halogens is 3. The zero-order valence-corrected chi connectivity index (χ0v) is 105. The van der Waals surface area contributed by atoms with E-state index < -0.39 is 40.2 Å². The molecule has 0 bridgehead atoms. The van der Waals surface area contributed by atoms with Crippen molar-refractivity contribution in [3.63, 3.8) is 0 Å². The van der Waals surface area contributed by atoms with Crippen LogP contribution in [0.25, 0.3) is 0 Å². The van der Waals surface area contributed by atoms with Gasteiger partial charge in [0.05, 0.1) is 75.2 Å². The van der Waals surface area contributed by atoms with Gasteiger partial charge in [0, 0.05) is 220 Å². The van der Waals surface area contributed by atoms with Crippen LogP contribution in [0.3, 0.4) is 0 Å². The Balaban J connectivity index is 0.000000804. The maximum absolute atomic E-state index is 12.6. The Morgan fingerprint density at radius 1 is 0.445 bits per heavy atom. The first-order chi connectivity index (χ1) is 66.8. The van der Waals surface area contributed by atoms with E-state index in [9.17, 15) is 42.0 Å². The van der Waals surface area contributed by atoms with Crippen molar-refractivity contribution in [2.24, 2.45) is 11.8 Å². The lowest BCUT2D eigenvalue weighted by Gasteiger charge is -2.48. The van der Waals surface area contributed by atoms with E-state index in [1.807, 2.05) is 37.9 Å². The summed E-state index contributed by atoms with van der Waals surface area (Å²) in [5, 5.41) is 46.9. The Labute approximate surface area is 902 Å². The Bertz CT molecular complexity index is 3720. The van der Waals surface area contributed by atoms with Crippen LogP contribution in [0.2, 0.25) is 0 Å². The van der Waals surface area contributed by atoms with E-state index >= 15 is 0 Å². The lowest BCUT2D eigenvalue weighted by Crippen LogP contribution is -2.60. The molecule has 0 aromatic rings. The molecule has 0 amide bonds. The molecule has 7 unspecified atom stereocenters. The van der Waals surface area contributed by atoms with Crippen molar-refractivity contribution < 1.29 is 61.0 Å². The molecule has 11 fully saturated rings. The number of alkyl halides is 3. The van der Waals surface area contributed by atoms with Gasteiger partial charge in [-0.1, -0.05) is 52.6 Å². The van der Waals surface area contributed by atoms with Crippen molar-refractivity contribution in [2.75, 3.05) is 164 Å². The summed E-state index contributed by atoms with van der Waals surface area (Å²) in [6.07, 6.45) is 16.5. The second kappa shape index (κ2) is 63.1. The van der Waals surface area contributed by atoms with E-state index in [1.54, 1.807) is 0 Å². The van der Waals surface area contributed by atoms with E-state index in [0.29, 0.717) is 125 Å². The number of ether oxygens (including phenoxy) is 4. The summed E-state index contributed by atoms with van der Waals surface area (Å²) in [6, 6.07) is 6.00. The molecule has 28 heteroatoms. The molecule has 0 radical (unpaired) electrons. The predicted octanol–water partition coefficient (Wildman–Crippen LogP) is 22.0. The second-order valence-corrected chi connectivity index (χ2v) is 57.8. The van der Waals surface area contributed by atoms with Crippen LogP contribution in [0.4, 0.5) is 13.2 Å². The first-order valence-electron chi connectivity index (χ1n) is 57.5. The molecule has 9 atom stereocenters. The van der Waals surface area contributed by atoms with Crippen molar-refractivity contribution in [2.45, 2.75) is 563 Å². The minimum Gasteiger partial charge on any atom is -0.394 e. The molecule has 0 saturated carbocycles. The minimum absolute atomic E-state index is 0.000162. The number of piperazine rings is 1. The summed E-state index contributed by atoms with van der Waals surface area (Å²) >= 11 is 0. The van der Waals surface area contributed by atoms with Gasteiger partial charge in [0.25, 0.3) is 0 Å². The number of sulfone groups is 1. The average Bonchev–Trinajstić information content (AvgIpc) is 1.40. The van der Waals surface area contributed by atoms with Gasteiger partial charge < -0.3 is 44.3 Å². The van der Waals surface area contributed by atoms with Crippen LogP contribution in [-0.2, 0) is 28.8 Å². The van der Waals surface area contributed by atoms with E-state index in [0.717, 1.165) is 130 Å². The first-order valence-corrected chi connectivity index (χ1v) is 61.2.